The monoisotopic (exact) mass is 424 g/mol. The van der Waals surface area contributed by atoms with Crippen LogP contribution in [0.15, 0.2) is 36.2 Å². The van der Waals surface area contributed by atoms with Crippen LogP contribution in [0.5, 0.6) is 0 Å². The van der Waals surface area contributed by atoms with Gasteiger partial charge >= 0.3 is 5.97 Å². The van der Waals surface area contributed by atoms with Crippen LogP contribution >= 0.6 is 23.7 Å². The molecule has 10 heteroatoms. The van der Waals surface area contributed by atoms with Crippen molar-refractivity contribution in [3.8, 4) is 0 Å². The minimum Gasteiger partial charge on any atom is -0.478 e. The number of halogens is 1. The minimum absolute atomic E-state index is 0. The lowest BCUT2D eigenvalue weighted by atomic mass is 10.2. The summed E-state index contributed by atoms with van der Waals surface area (Å²) in [5, 5.41) is 17.3. The zero-order chi connectivity index (χ0) is 19.8. The number of carboxylic acid groups (broad SMARTS) is 1. The molecule has 0 fully saturated rings. The summed E-state index contributed by atoms with van der Waals surface area (Å²) >= 11 is 1.65. The summed E-state index contributed by atoms with van der Waals surface area (Å²) in [6, 6.07) is 3.08. The highest BCUT2D eigenvalue weighted by Gasteiger charge is 2.17. The Bertz CT molecular complexity index is 905. The van der Waals surface area contributed by atoms with Gasteiger partial charge in [0.1, 0.15) is 11.6 Å². The second kappa shape index (κ2) is 11.3. The molecule has 0 aliphatic carbocycles. The molecule has 0 unspecified atom stereocenters. The Labute approximate surface area is 173 Å². The molecule has 0 radical (unpaired) electrons. The lowest BCUT2D eigenvalue weighted by molar-refractivity contribution is -0.689. The van der Waals surface area contributed by atoms with E-state index in [0.29, 0.717) is 24.6 Å². The number of aliphatic hydroxyl groups is 1. The first-order valence-corrected chi connectivity index (χ1v) is 9.09. The SMILES string of the molecule is Cc1ncc(C[n+]2csc(CCO)c2C)c(N)n1.Cl.O=C(O)c1cccnc1. The van der Waals surface area contributed by atoms with E-state index in [0.717, 1.165) is 11.3 Å². The van der Waals surface area contributed by atoms with Crippen LogP contribution in [-0.2, 0) is 13.0 Å². The third-order valence-electron chi connectivity index (χ3n) is 3.76. The van der Waals surface area contributed by atoms with Crippen molar-refractivity contribution in [2.45, 2.75) is 26.8 Å². The van der Waals surface area contributed by atoms with Crippen LogP contribution in [-0.4, -0.2) is 37.7 Å². The summed E-state index contributed by atoms with van der Waals surface area (Å²) in [6.07, 6.45) is 5.31. The van der Waals surface area contributed by atoms with Crippen molar-refractivity contribution in [2.24, 2.45) is 0 Å². The summed E-state index contributed by atoms with van der Waals surface area (Å²) in [4.78, 5) is 23.3. The van der Waals surface area contributed by atoms with Crippen LogP contribution in [0, 0.1) is 13.8 Å². The van der Waals surface area contributed by atoms with Crippen molar-refractivity contribution >= 4 is 35.5 Å². The number of aryl methyl sites for hydroxylation is 1. The van der Waals surface area contributed by atoms with Crippen molar-refractivity contribution in [3.63, 3.8) is 0 Å². The molecular formula is C18H23ClN5O3S+. The van der Waals surface area contributed by atoms with Gasteiger partial charge in [-0.3, -0.25) is 4.98 Å². The van der Waals surface area contributed by atoms with E-state index in [9.17, 15) is 4.79 Å². The highest BCUT2D eigenvalue weighted by atomic mass is 35.5. The average Bonchev–Trinajstić information content (AvgIpc) is 2.99. The van der Waals surface area contributed by atoms with Crippen molar-refractivity contribution in [3.05, 3.63) is 63.8 Å². The maximum Gasteiger partial charge on any atom is 0.337 e. The fourth-order valence-corrected chi connectivity index (χ4v) is 3.24. The molecule has 3 rings (SSSR count). The number of nitrogen functional groups attached to an aromatic ring is 1. The van der Waals surface area contributed by atoms with Gasteiger partial charge in [0.25, 0.3) is 0 Å². The molecule has 0 spiro atoms. The van der Waals surface area contributed by atoms with E-state index in [4.69, 9.17) is 15.9 Å². The number of aliphatic hydroxyl groups excluding tert-OH is 1. The van der Waals surface area contributed by atoms with Crippen molar-refractivity contribution in [1.29, 1.82) is 0 Å². The summed E-state index contributed by atoms with van der Waals surface area (Å²) in [5.41, 5.74) is 10.2. The van der Waals surface area contributed by atoms with Crippen molar-refractivity contribution in [1.82, 2.24) is 15.0 Å². The second-order valence-corrected chi connectivity index (χ2v) is 6.65. The third-order valence-corrected chi connectivity index (χ3v) is 4.91. The second-order valence-electron chi connectivity index (χ2n) is 5.71. The van der Waals surface area contributed by atoms with Gasteiger partial charge in [-0.05, 0) is 19.1 Å². The molecular weight excluding hydrogens is 402 g/mol. The fraction of sp³-hybridized carbons (Fsp3) is 0.278. The molecule has 0 aromatic carbocycles. The maximum absolute atomic E-state index is 10.2. The Hall–Kier alpha value is -2.62. The standard InChI is InChI=1S/C12H17N4OS.C6H5NO2.ClH/c1-8-11(3-4-17)18-7-16(8)6-10-5-14-9(2)15-12(10)13;8-6(9)5-2-1-3-7-4-5;/h5,7,17H,3-4,6H2,1-2H3,(H2,13,14,15);1-4H,(H,8,9);1H/q+1;;. The molecule has 150 valence electrons. The van der Waals surface area contributed by atoms with E-state index in [1.54, 1.807) is 23.6 Å². The van der Waals surface area contributed by atoms with E-state index in [1.807, 2.05) is 19.4 Å². The van der Waals surface area contributed by atoms with Crippen LogP contribution < -0.4 is 10.3 Å². The van der Waals surface area contributed by atoms with Gasteiger partial charge in [-0.2, -0.15) is 4.57 Å². The molecule has 0 saturated carbocycles. The normalized spacial score (nSPS) is 9.82. The number of hydrogen-bond acceptors (Lipinski definition) is 7. The number of anilines is 1. The first-order valence-electron chi connectivity index (χ1n) is 8.21. The number of pyridine rings is 1. The summed E-state index contributed by atoms with van der Waals surface area (Å²) in [5.74, 6) is 0.275. The minimum atomic E-state index is -0.942. The molecule has 8 nitrogen and oxygen atoms in total. The summed E-state index contributed by atoms with van der Waals surface area (Å²) in [7, 11) is 0. The molecule has 0 aliphatic rings. The van der Waals surface area contributed by atoms with Crippen molar-refractivity contribution < 1.29 is 19.6 Å². The summed E-state index contributed by atoms with van der Waals surface area (Å²) < 4.78 is 2.11. The number of aromatic carboxylic acids is 1. The number of nitrogens with zero attached hydrogens (tertiary/aromatic N) is 4. The molecule has 0 atom stereocenters. The van der Waals surface area contributed by atoms with Gasteiger partial charge < -0.3 is 15.9 Å². The molecule has 3 aromatic rings. The van der Waals surface area contributed by atoms with Gasteiger partial charge in [-0.1, -0.05) is 11.3 Å². The molecule has 28 heavy (non-hydrogen) atoms. The lowest BCUT2D eigenvalue weighted by Gasteiger charge is -2.01. The van der Waals surface area contributed by atoms with Gasteiger partial charge in [0.2, 0.25) is 5.51 Å². The molecule has 3 heterocycles. The van der Waals surface area contributed by atoms with E-state index in [-0.39, 0.29) is 24.6 Å². The van der Waals surface area contributed by atoms with Crippen LogP contribution in [0.2, 0.25) is 0 Å². The van der Waals surface area contributed by atoms with Gasteiger partial charge in [0, 0.05) is 38.5 Å². The van der Waals surface area contributed by atoms with Gasteiger partial charge in [0.05, 0.1) is 16.0 Å². The van der Waals surface area contributed by atoms with Crippen LogP contribution in [0.25, 0.3) is 0 Å². The number of carbonyl (C=O) groups is 1. The first kappa shape index (κ1) is 23.4. The fourth-order valence-electron chi connectivity index (χ4n) is 2.26. The van der Waals surface area contributed by atoms with Crippen LogP contribution in [0.1, 0.15) is 32.3 Å². The predicted molar refractivity (Wildman–Crippen MR) is 109 cm³/mol. The first-order chi connectivity index (χ1) is 12.9. The van der Waals surface area contributed by atoms with Crippen LogP contribution in [0.3, 0.4) is 0 Å². The molecule has 0 aliphatic heterocycles. The molecule has 3 aromatic heterocycles. The zero-order valence-electron chi connectivity index (χ0n) is 15.6. The Morgan fingerprint density at radius 1 is 1.32 bits per heavy atom. The smallest absolute Gasteiger partial charge is 0.337 e. The van der Waals surface area contributed by atoms with E-state index in [2.05, 4.69) is 19.5 Å². The number of rotatable bonds is 5. The van der Waals surface area contributed by atoms with Crippen LogP contribution in [0.4, 0.5) is 5.82 Å². The van der Waals surface area contributed by atoms with Crippen molar-refractivity contribution in [2.75, 3.05) is 12.3 Å². The Balaban J connectivity index is 0.000000332. The largest absolute Gasteiger partial charge is 0.478 e. The lowest BCUT2D eigenvalue weighted by Crippen LogP contribution is -2.35. The molecule has 0 amide bonds. The Morgan fingerprint density at radius 3 is 2.61 bits per heavy atom. The highest BCUT2D eigenvalue weighted by molar-refractivity contribution is 7.09. The zero-order valence-corrected chi connectivity index (χ0v) is 17.2. The van der Waals surface area contributed by atoms with Gasteiger partial charge in [-0.15, -0.1) is 12.4 Å². The van der Waals surface area contributed by atoms with Gasteiger partial charge in [-0.25, -0.2) is 14.8 Å². The number of aromatic nitrogens is 4. The molecule has 0 bridgehead atoms. The van der Waals surface area contributed by atoms with Gasteiger partial charge in [0.15, 0.2) is 12.2 Å². The molecule has 0 saturated heterocycles. The third kappa shape index (κ3) is 6.52. The Kier molecular flexibility index (Phi) is 9.43. The summed E-state index contributed by atoms with van der Waals surface area (Å²) in [6.45, 7) is 4.71. The number of carboxylic acids is 1. The number of nitrogens with two attached hydrogens (primary N) is 1. The maximum atomic E-state index is 10.2. The highest BCUT2D eigenvalue weighted by Crippen LogP contribution is 2.13. The van der Waals surface area contributed by atoms with E-state index < -0.39 is 5.97 Å². The predicted octanol–water partition coefficient (Wildman–Crippen LogP) is 1.81. The quantitative estimate of drug-likeness (QED) is 0.533. The Morgan fingerprint density at radius 2 is 2.07 bits per heavy atom. The van der Waals surface area contributed by atoms with E-state index in [1.165, 1.54) is 23.3 Å². The average molecular weight is 425 g/mol. The topological polar surface area (TPSA) is 126 Å². The number of thiazole rings is 1. The number of hydrogen-bond donors (Lipinski definition) is 3. The van der Waals surface area contributed by atoms with E-state index >= 15 is 0 Å². The molecule has 4 N–H and O–H groups in total.